The highest BCUT2D eigenvalue weighted by molar-refractivity contribution is 5.74. The molecule has 0 spiro atoms. The van der Waals surface area contributed by atoms with Gasteiger partial charge in [-0.25, -0.2) is 4.79 Å². The SMILES string of the molecule is CCOC(=O)CNC1(CC(=O)O)CN(C(=O)OC(C)(C)C)C1. The molecule has 22 heavy (non-hydrogen) atoms. The Kier molecular flexibility index (Phi) is 5.76. The molecule has 0 unspecified atom stereocenters. The lowest BCUT2D eigenvalue weighted by atomic mass is 9.86. The van der Waals surface area contributed by atoms with Crippen LogP contribution in [0.25, 0.3) is 0 Å². The van der Waals surface area contributed by atoms with Gasteiger partial charge in [-0.15, -0.1) is 0 Å². The average Bonchev–Trinajstić information content (AvgIpc) is 2.29. The van der Waals surface area contributed by atoms with Gasteiger partial charge in [-0.2, -0.15) is 0 Å². The van der Waals surface area contributed by atoms with Gasteiger partial charge in [0.15, 0.2) is 0 Å². The zero-order valence-electron chi connectivity index (χ0n) is 13.5. The quantitative estimate of drug-likeness (QED) is 0.691. The Morgan fingerprint density at radius 3 is 2.32 bits per heavy atom. The number of nitrogens with one attached hydrogen (secondary N) is 1. The number of ether oxygens (including phenoxy) is 2. The molecule has 0 aromatic rings. The van der Waals surface area contributed by atoms with Crippen LogP contribution in [-0.4, -0.2) is 65.4 Å². The topological polar surface area (TPSA) is 105 Å². The van der Waals surface area contributed by atoms with Gasteiger partial charge in [-0.05, 0) is 27.7 Å². The van der Waals surface area contributed by atoms with E-state index in [-0.39, 0.29) is 32.7 Å². The first-order valence-corrected chi connectivity index (χ1v) is 7.17. The van der Waals surface area contributed by atoms with E-state index in [4.69, 9.17) is 14.6 Å². The van der Waals surface area contributed by atoms with E-state index in [1.54, 1.807) is 27.7 Å². The van der Waals surface area contributed by atoms with Gasteiger partial charge in [0.1, 0.15) is 5.60 Å². The van der Waals surface area contributed by atoms with E-state index >= 15 is 0 Å². The second-order valence-corrected chi connectivity index (χ2v) is 6.35. The maximum Gasteiger partial charge on any atom is 0.410 e. The van der Waals surface area contributed by atoms with Gasteiger partial charge in [0.05, 0.1) is 25.1 Å². The van der Waals surface area contributed by atoms with Gasteiger partial charge < -0.3 is 19.5 Å². The van der Waals surface area contributed by atoms with Gasteiger partial charge in [0.25, 0.3) is 0 Å². The van der Waals surface area contributed by atoms with Crippen LogP contribution in [-0.2, 0) is 19.1 Å². The molecule has 1 aliphatic rings. The molecule has 0 atom stereocenters. The first-order chi connectivity index (χ1) is 10.1. The van der Waals surface area contributed by atoms with Crippen LogP contribution in [0.15, 0.2) is 0 Å². The monoisotopic (exact) mass is 316 g/mol. The Hall–Kier alpha value is -1.83. The number of aliphatic carboxylic acids is 1. The zero-order chi connectivity index (χ0) is 17.0. The predicted molar refractivity (Wildman–Crippen MR) is 77.4 cm³/mol. The van der Waals surface area contributed by atoms with E-state index < -0.39 is 29.2 Å². The molecule has 2 N–H and O–H groups in total. The molecule has 1 fully saturated rings. The van der Waals surface area contributed by atoms with Gasteiger partial charge in [0, 0.05) is 13.1 Å². The zero-order valence-corrected chi connectivity index (χ0v) is 13.5. The van der Waals surface area contributed by atoms with Crippen molar-refractivity contribution < 1.29 is 29.0 Å². The first-order valence-electron chi connectivity index (χ1n) is 7.17. The largest absolute Gasteiger partial charge is 0.481 e. The van der Waals surface area contributed by atoms with Crippen molar-refractivity contribution in [3.63, 3.8) is 0 Å². The number of carbonyl (C=O) groups is 3. The fourth-order valence-corrected chi connectivity index (χ4v) is 2.19. The third-order valence-electron chi connectivity index (χ3n) is 3.04. The number of likely N-dealkylation sites (tertiary alicyclic amines) is 1. The predicted octanol–water partition coefficient (Wildman–Crippen LogP) is 0.603. The molecule has 1 rings (SSSR count). The lowest BCUT2D eigenvalue weighted by Crippen LogP contribution is -2.71. The molecule has 8 heteroatoms. The lowest BCUT2D eigenvalue weighted by molar-refractivity contribution is -0.145. The van der Waals surface area contributed by atoms with Crippen LogP contribution in [0, 0.1) is 0 Å². The highest BCUT2D eigenvalue weighted by atomic mass is 16.6. The maximum atomic E-state index is 11.9. The summed E-state index contributed by atoms with van der Waals surface area (Å²) in [6, 6.07) is 0. The maximum absolute atomic E-state index is 11.9. The van der Waals surface area contributed by atoms with Gasteiger partial charge in [0.2, 0.25) is 0 Å². The Balaban J connectivity index is 2.57. The summed E-state index contributed by atoms with van der Waals surface area (Å²) in [4.78, 5) is 35.7. The molecule has 126 valence electrons. The fraction of sp³-hybridized carbons (Fsp3) is 0.786. The molecule has 0 bridgehead atoms. The van der Waals surface area contributed by atoms with Crippen molar-refractivity contribution >= 4 is 18.0 Å². The molecule has 1 amide bonds. The van der Waals surface area contributed by atoms with E-state index in [0.717, 1.165) is 0 Å². The standard InChI is InChI=1S/C14H24N2O6/c1-5-21-11(19)7-15-14(6-10(17)18)8-16(9-14)12(20)22-13(2,3)4/h15H,5-9H2,1-4H3,(H,17,18). The smallest absolute Gasteiger partial charge is 0.410 e. The summed E-state index contributed by atoms with van der Waals surface area (Å²) < 4.78 is 10.0. The van der Waals surface area contributed by atoms with E-state index in [1.807, 2.05) is 0 Å². The van der Waals surface area contributed by atoms with Gasteiger partial charge in [-0.3, -0.25) is 14.9 Å². The van der Waals surface area contributed by atoms with Crippen molar-refractivity contribution in [3.05, 3.63) is 0 Å². The number of hydrogen-bond acceptors (Lipinski definition) is 6. The van der Waals surface area contributed by atoms with Crippen molar-refractivity contribution in [3.8, 4) is 0 Å². The van der Waals surface area contributed by atoms with Crippen LogP contribution >= 0.6 is 0 Å². The molecule has 0 aliphatic carbocycles. The highest BCUT2D eigenvalue weighted by Crippen LogP contribution is 2.26. The van der Waals surface area contributed by atoms with Gasteiger partial charge >= 0.3 is 18.0 Å². The molecule has 1 aliphatic heterocycles. The third kappa shape index (κ3) is 5.51. The second-order valence-electron chi connectivity index (χ2n) is 6.35. The van der Waals surface area contributed by atoms with E-state index in [1.165, 1.54) is 4.90 Å². The lowest BCUT2D eigenvalue weighted by Gasteiger charge is -2.49. The summed E-state index contributed by atoms with van der Waals surface area (Å²) in [5.41, 5.74) is -1.43. The molecule has 0 radical (unpaired) electrons. The molecule has 0 aromatic carbocycles. The molecule has 1 saturated heterocycles. The van der Waals surface area contributed by atoms with E-state index in [2.05, 4.69) is 5.32 Å². The number of carboxylic acid groups (broad SMARTS) is 1. The van der Waals surface area contributed by atoms with Crippen molar-refractivity contribution in [2.45, 2.75) is 45.3 Å². The minimum Gasteiger partial charge on any atom is -0.481 e. The summed E-state index contributed by atoms with van der Waals surface area (Å²) in [7, 11) is 0. The highest BCUT2D eigenvalue weighted by Gasteiger charge is 2.47. The van der Waals surface area contributed by atoms with E-state index in [9.17, 15) is 14.4 Å². The van der Waals surface area contributed by atoms with Gasteiger partial charge in [-0.1, -0.05) is 0 Å². The van der Waals surface area contributed by atoms with Crippen LogP contribution in [0.4, 0.5) is 4.79 Å². The Morgan fingerprint density at radius 1 is 1.27 bits per heavy atom. The minimum absolute atomic E-state index is 0.0940. The number of rotatable bonds is 6. The van der Waals surface area contributed by atoms with Crippen molar-refractivity contribution in [1.29, 1.82) is 0 Å². The van der Waals surface area contributed by atoms with Crippen LogP contribution in [0.1, 0.15) is 34.1 Å². The first kappa shape index (κ1) is 18.2. The molecule has 8 nitrogen and oxygen atoms in total. The number of carbonyl (C=O) groups excluding carboxylic acids is 2. The Morgan fingerprint density at radius 2 is 1.86 bits per heavy atom. The number of esters is 1. The summed E-state index contributed by atoms with van der Waals surface area (Å²) in [5.74, 6) is -1.46. The Bertz CT molecular complexity index is 437. The number of hydrogen-bond donors (Lipinski definition) is 2. The molecule has 0 saturated carbocycles. The van der Waals surface area contributed by atoms with Crippen LogP contribution in [0.5, 0.6) is 0 Å². The fourth-order valence-electron chi connectivity index (χ4n) is 2.19. The normalized spacial score (nSPS) is 16.6. The van der Waals surface area contributed by atoms with Crippen molar-refractivity contribution in [1.82, 2.24) is 10.2 Å². The molecular formula is C14H24N2O6. The molecule has 1 heterocycles. The van der Waals surface area contributed by atoms with Crippen LogP contribution < -0.4 is 5.32 Å². The second kappa shape index (κ2) is 6.95. The molecular weight excluding hydrogens is 292 g/mol. The third-order valence-corrected chi connectivity index (χ3v) is 3.04. The van der Waals surface area contributed by atoms with E-state index in [0.29, 0.717) is 0 Å². The number of carboxylic acids is 1. The average molecular weight is 316 g/mol. The van der Waals surface area contributed by atoms with Crippen LogP contribution in [0.2, 0.25) is 0 Å². The minimum atomic E-state index is -1.000. The van der Waals surface area contributed by atoms with Crippen molar-refractivity contribution in [2.24, 2.45) is 0 Å². The van der Waals surface area contributed by atoms with Crippen LogP contribution in [0.3, 0.4) is 0 Å². The summed E-state index contributed by atoms with van der Waals surface area (Å²) in [6.45, 7) is 7.48. The number of amides is 1. The molecule has 0 aromatic heterocycles. The summed E-state index contributed by atoms with van der Waals surface area (Å²) in [6.07, 6.45) is -0.683. The van der Waals surface area contributed by atoms with Crippen molar-refractivity contribution in [2.75, 3.05) is 26.2 Å². The number of nitrogens with zero attached hydrogens (tertiary/aromatic N) is 1. The summed E-state index contributed by atoms with van der Waals surface area (Å²) in [5, 5.41) is 11.9. The summed E-state index contributed by atoms with van der Waals surface area (Å²) >= 11 is 0. The Labute approximate surface area is 129 Å².